The van der Waals surface area contributed by atoms with Crippen LogP contribution in [0.3, 0.4) is 0 Å². The van der Waals surface area contributed by atoms with Crippen molar-refractivity contribution in [3.63, 3.8) is 0 Å². The van der Waals surface area contributed by atoms with Crippen LogP contribution in [0.2, 0.25) is 5.02 Å². The van der Waals surface area contributed by atoms with Gasteiger partial charge >= 0.3 is 0 Å². The number of halogens is 2. The van der Waals surface area contributed by atoms with Crippen molar-refractivity contribution < 1.29 is 9.18 Å². The highest BCUT2D eigenvalue weighted by atomic mass is 35.5. The van der Waals surface area contributed by atoms with E-state index in [1.165, 1.54) is 12.1 Å². The van der Waals surface area contributed by atoms with Crippen LogP contribution in [-0.4, -0.2) is 30.4 Å². The van der Waals surface area contributed by atoms with Crippen molar-refractivity contribution in [3.8, 4) is 0 Å². The summed E-state index contributed by atoms with van der Waals surface area (Å²) in [6, 6.07) is 4.42. The first-order chi connectivity index (χ1) is 9.06. The fourth-order valence-corrected chi connectivity index (χ4v) is 3.02. The molecule has 104 valence electrons. The molecule has 2 rings (SSSR count). The molecule has 1 aliphatic rings. The van der Waals surface area contributed by atoms with Gasteiger partial charge < -0.3 is 10.6 Å². The number of benzene rings is 1. The molecule has 1 aromatic carbocycles. The van der Waals surface area contributed by atoms with Gasteiger partial charge in [-0.15, -0.1) is 0 Å². The van der Waals surface area contributed by atoms with Gasteiger partial charge in [0, 0.05) is 13.1 Å². The van der Waals surface area contributed by atoms with E-state index < -0.39 is 5.82 Å². The topological polar surface area (TPSA) is 46.3 Å². The Balaban J connectivity index is 2.21. The Labute approximate surface area is 117 Å². The van der Waals surface area contributed by atoms with Crippen LogP contribution in [0.25, 0.3) is 0 Å². The van der Waals surface area contributed by atoms with Gasteiger partial charge in [-0.2, -0.15) is 0 Å². The van der Waals surface area contributed by atoms with E-state index in [9.17, 15) is 9.18 Å². The highest BCUT2D eigenvalue weighted by molar-refractivity contribution is 6.34. The summed E-state index contributed by atoms with van der Waals surface area (Å²) in [5.74, 6) is -0.487. The predicted molar refractivity (Wildman–Crippen MR) is 73.7 cm³/mol. The molecule has 1 fully saturated rings. The third-order valence-electron chi connectivity index (χ3n) is 3.92. The first kappa shape index (κ1) is 14.3. The van der Waals surface area contributed by atoms with Crippen molar-refractivity contribution in [2.24, 2.45) is 11.7 Å². The first-order valence-corrected chi connectivity index (χ1v) is 6.85. The summed E-state index contributed by atoms with van der Waals surface area (Å²) in [5, 5.41) is -0.110. The van der Waals surface area contributed by atoms with E-state index in [0.29, 0.717) is 12.5 Å². The second kappa shape index (κ2) is 5.88. The van der Waals surface area contributed by atoms with Crippen LogP contribution in [0.4, 0.5) is 4.39 Å². The normalized spacial score (nSPS) is 22.5. The van der Waals surface area contributed by atoms with Gasteiger partial charge in [0.2, 0.25) is 0 Å². The number of carbonyl (C=O) groups is 1. The highest BCUT2D eigenvalue weighted by Gasteiger charge is 2.32. The van der Waals surface area contributed by atoms with Crippen molar-refractivity contribution in [1.82, 2.24) is 4.90 Å². The maximum atomic E-state index is 13.4. The lowest BCUT2D eigenvalue weighted by atomic mass is 10.0. The lowest BCUT2D eigenvalue weighted by Crippen LogP contribution is -2.41. The SMILES string of the molecule is CN(C(=O)c1cccc(F)c1Cl)C1CCCC1CN. The molecule has 2 unspecified atom stereocenters. The van der Waals surface area contributed by atoms with Gasteiger partial charge in [0.05, 0.1) is 10.6 Å². The summed E-state index contributed by atoms with van der Waals surface area (Å²) in [7, 11) is 1.74. The molecule has 0 bridgehead atoms. The fraction of sp³-hybridized carbons (Fsp3) is 0.500. The monoisotopic (exact) mass is 284 g/mol. The number of carbonyl (C=O) groups excluding carboxylic acids is 1. The van der Waals surface area contributed by atoms with Gasteiger partial charge in [-0.1, -0.05) is 24.1 Å². The van der Waals surface area contributed by atoms with Crippen LogP contribution in [0.5, 0.6) is 0 Å². The van der Waals surface area contributed by atoms with E-state index in [4.69, 9.17) is 17.3 Å². The van der Waals surface area contributed by atoms with E-state index in [0.717, 1.165) is 19.3 Å². The van der Waals surface area contributed by atoms with Gasteiger partial charge in [0.1, 0.15) is 5.82 Å². The standard InChI is InChI=1S/C14H18ClFN2O/c1-18(12-7-2-4-9(12)8-17)14(19)10-5-3-6-11(16)13(10)15/h3,5-6,9,12H,2,4,7-8,17H2,1H3. The molecule has 1 aromatic rings. The van der Waals surface area contributed by atoms with E-state index in [1.54, 1.807) is 18.0 Å². The zero-order valence-corrected chi connectivity index (χ0v) is 11.7. The molecule has 1 amide bonds. The minimum Gasteiger partial charge on any atom is -0.338 e. The smallest absolute Gasteiger partial charge is 0.255 e. The van der Waals surface area contributed by atoms with Crippen molar-refractivity contribution in [3.05, 3.63) is 34.6 Å². The van der Waals surface area contributed by atoms with E-state index in [2.05, 4.69) is 0 Å². The molecule has 0 aliphatic heterocycles. The number of hydrogen-bond acceptors (Lipinski definition) is 2. The predicted octanol–water partition coefficient (Wildman–Crippen LogP) is 2.68. The van der Waals surface area contributed by atoms with Crippen molar-refractivity contribution in [2.45, 2.75) is 25.3 Å². The number of rotatable bonds is 3. The third-order valence-corrected chi connectivity index (χ3v) is 4.31. The lowest BCUT2D eigenvalue weighted by molar-refractivity contribution is 0.0699. The second-order valence-corrected chi connectivity index (χ2v) is 5.39. The number of nitrogens with zero attached hydrogens (tertiary/aromatic N) is 1. The molecular formula is C14H18ClFN2O. The third kappa shape index (κ3) is 2.74. The second-order valence-electron chi connectivity index (χ2n) is 5.01. The molecule has 3 nitrogen and oxygen atoms in total. The fourth-order valence-electron chi connectivity index (χ4n) is 2.81. The van der Waals surface area contributed by atoms with Crippen LogP contribution in [-0.2, 0) is 0 Å². The zero-order valence-electron chi connectivity index (χ0n) is 10.9. The summed E-state index contributed by atoms with van der Waals surface area (Å²) in [5.41, 5.74) is 5.95. The summed E-state index contributed by atoms with van der Waals surface area (Å²) < 4.78 is 13.4. The molecular weight excluding hydrogens is 267 g/mol. The average Bonchev–Trinajstić information content (AvgIpc) is 2.88. The maximum Gasteiger partial charge on any atom is 0.255 e. The Kier molecular flexibility index (Phi) is 4.42. The summed E-state index contributed by atoms with van der Waals surface area (Å²) in [6.45, 7) is 0.569. The molecule has 2 N–H and O–H groups in total. The van der Waals surface area contributed by atoms with Gasteiger partial charge in [-0.3, -0.25) is 4.79 Å². The number of hydrogen-bond donors (Lipinski definition) is 1. The Morgan fingerprint density at radius 2 is 2.26 bits per heavy atom. The van der Waals surface area contributed by atoms with Gasteiger partial charge in [0.25, 0.3) is 5.91 Å². The minimum atomic E-state index is -0.567. The van der Waals surface area contributed by atoms with Crippen molar-refractivity contribution in [1.29, 1.82) is 0 Å². The molecule has 19 heavy (non-hydrogen) atoms. The maximum absolute atomic E-state index is 13.4. The molecule has 1 saturated carbocycles. The van der Waals surface area contributed by atoms with Crippen molar-refractivity contribution in [2.75, 3.05) is 13.6 Å². The summed E-state index contributed by atoms with van der Waals surface area (Å²) in [6.07, 6.45) is 3.05. The van der Waals surface area contributed by atoms with Crippen LogP contribution in [0.1, 0.15) is 29.6 Å². The summed E-state index contributed by atoms with van der Waals surface area (Å²) >= 11 is 5.86. The van der Waals surface area contributed by atoms with Gasteiger partial charge in [0.15, 0.2) is 0 Å². The zero-order chi connectivity index (χ0) is 14.0. The Hall–Kier alpha value is -1.13. The first-order valence-electron chi connectivity index (χ1n) is 6.47. The molecule has 5 heteroatoms. The largest absolute Gasteiger partial charge is 0.338 e. The molecule has 0 spiro atoms. The van der Waals surface area contributed by atoms with Crippen LogP contribution >= 0.6 is 11.6 Å². The number of nitrogens with two attached hydrogens (primary N) is 1. The Morgan fingerprint density at radius 1 is 1.53 bits per heavy atom. The quantitative estimate of drug-likeness (QED) is 0.927. The number of amides is 1. The van der Waals surface area contributed by atoms with Crippen LogP contribution in [0.15, 0.2) is 18.2 Å². The molecule has 2 atom stereocenters. The van der Waals surface area contributed by atoms with Gasteiger partial charge in [-0.05, 0) is 37.4 Å². The summed E-state index contributed by atoms with van der Waals surface area (Å²) in [4.78, 5) is 14.1. The Morgan fingerprint density at radius 3 is 2.95 bits per heavy atom. The molecule has 0 radical (unpaired) electrons. The van der Waals surface area contributed by atoms with Crippen LogP contribution < -0.4 is 5.73 Å². The lowest BCUT2D eigenvalue weighted by Gasteiger charge is -2.29. The molecule has 1 aliphatic carbocycles. The van der Waals surface area contributed by atoms with E-state index in [1.807, 2.05) is 0 Å². The highest BCUT2D eigenvalue weighted by Crippen LogP contribution is 2.30. The molecule has 0 heterocycles. The average molecular weight is 285 g/mol. The van der Waals surface area contributed by atoms with Crippen molar-refractivity contribution >= 4 is 17.5 Å². The molecule has 0 saturated heterocycles. The van der Waals surface area contributed by atoms with Gasteiger partial charge in [-0.25, -0.2) is 4.39 Å². The Bertz CT molecular complexity index is 481. The molecule has 0 aromatic heterocycles. The van der Waals surface area contributed by atoms with E-state index in [-0.39, 0.29) is 22.5 Å². The van der Waals surface area contributed by atoms with Crippen LogP contribution in [0, 0.1) is 11.7 Å². The van der Waals surface area contributed by atoms with E-state index >= 15 is 0 Å². The minimum absolute atomic E-state index is 0.110.